The van der Waals surface area contributed by atoms with Crippen LogP contribution in [0.25, 0.3) is 10.8 Å². The number of aromatic nitrogens is 1. The van der Waals surface area contributed by atoms with Gasteiger partial charge in [0.15, 0.2) is 8.32 Å². The second kappa shape index (κ2) is 8.97. The molecule has 3 N–H and O–H groups in total. The molecule has 0 spiro atoms. The van der Waals surface area contributed by atoms with E-state index in [-0.39, 0.29) is 23.4 Å². The zero-order valence-corrected chi connectivity index (χ0v) is 20.2. The van der Waals surface area contributed by atoms with Gasteiger partial charge in [-0.3, -0.25) is 9.78 Å². The van der Waals surface area contributed by atoms with Crippen LogP contribution in [0.4, 0.5) is 5.69 Å². The molecule has 0 aliphatic rings. The average Bonchev–Trinajstić information content (AvgIpc) is 3.15. The maximum absolute atomic E-state index is 12.9. The standard InChI is InChI=1S/C23H31N3O2SSi/c1-23(2,3)30(4,5)28-15-19-8-9-21(29-19)20(13-24)22(27)26-18-7-6-17-14-25-11-10-16(17)12-18/h6-12,14,20H,13,15,24H2,1-5H3,(H,26,27). The molecule has 1 unspecified atom stereocenters. The molecule has 30 heavy (non-hydrogen) atoms. The highest BCUT2D eigenvalue weighted by atomic mass is 32.1. The lowest BCUT2D eigenvalue weighted by atomic mass is 10.1. The number of carbonyl (C=O) groups excluding carboxylic acids is 1. The summed E-state index contributed by atoms with van der Waals surface area (Å²) in [5.41, 5.74) is 6.73. The molecule has 0 aliphatic carbocycles. The number of thiophene rings is 1. The first kappa shape index (κ1) is 22.6. The lowest BCUT2D eigenvalue weighted by Gasteiger charge is -2.36. The molecule has 0 radical (unpaired) electrons. The van der Waals surface area contributed by atoms with Gasteiger partial charge >= 0.3 is 0 Å². The molecular weight excluding hydrogens is 410 g/mol. The fraction of sp³-hybridized carbons (Fsp3) is 0.391. The van der Waals surface area contributed by atoms with E-state index in [4.69, 9.17) is 10.2 Å². The number of carbonyl (C=O) groups is 1. The Morgan fingerprint density at radius 1 is 1.20 bits per heavy atom. The number of fused-ring (bicyclic) bond motifs is 1. The van der Waals surface area contributed by atoms with Crippen LogP contribution in [0.5, 0.6) is 0 Å². The van der Waals surface area contributed by atoms with Crippen molar-refractivity contribution < 1.29 is 9.22 Å². The number of nitrogens with zero attached hydrogens (tertiary/aromatic N) is 1. The highest BCUT2D eigenvalue weighted by Gasteiger charge is 2.37. The van der Waals surface area contributed by atoms with E-state index in [1.54, 1.807) is 17.5 Å². The van der Waals surface area contributed by atoms with E-state index in [0.717, 1.165) is 26.2 Å². The van der Waals surface area contributed by atoms with Crippen LogP contribution >= 0.6 is 11.3 Å². The Balaban J connectivity index is 1.68. The van der Waals surface area contributed by atoms with E-state index < -0.39 is 8.32 Å². The van der Waals surface area contributed by atoms with Crippen molar-refractivity contribution in [2.24, 2.45) is 5.73 Å². The normalized spacial score (nSPS) is 13.4. The number of nitrogens with two attached hydrogens (primary N) is 1. The fourth-order valence-corrected chi connectivity index (χ4v) is 4.96. The topological polar surface area (TPSA) is 77.2 Å². The molecule has 0 fully saturated rings. The number of rotatable bonds is 7. The Morgan fingerprint density at radius 2 is 1.97 bits per heavy atom. The lowest BCUT2D eigenvalue weighted by Crippen LogP contribution is -2.40. The van der Waals surface area contributed by atoms with Gasteiger partial charge in [0.1, 0.15) is 0 Å². The Labute approximate surface area is 183 Å². The monoisotopic (exact) mass is 441 g/mol. The molecule has 2 heterocycles. The van der Waals surface area contributed by atoms with E-state index in [2.05, 4.69) is 44.2 Å². The molecule has 3 rings (SSSR count). The van der Waals surface area contributed by atoms with Crippen LogP contribution in [0.1, 0.15) is 36.4 Å². The first-order chi connectivity index (χ1) is 14.1. The molecule has 1 aromatic carbocycles. The minimum Gasteiger partial charge on any atom is -0.412 e. The number of amides is 1. The summed E-state index contributed by atoms with van der Waals surface area (Å²) in [5.74, 6) is -0.477. The Bertz CT molecular complexity index is 1030. The first-order valence-corrected chi connectivity index (χ1v) is 13.9. The molecular formula is C23H31N3O2SSi. The fourth-order valence-electron chi connectivity index (χ4n) is 2.87. The zero-order valence-electron chi connectivity index (χ0n) is 18.4. The Morgan fingerprint density at radius 3 is 2.67 bits per heavy atom. The predicted molar refractivity (Wildman–Crippen MR) is 128 cm³/mol. The second-order valence-corrected chi connectivity index (χ2v) is 15.1. The van der Waals surface area contributed by atoms with E-state index in [1.807, 2.05) is 42.6 Å². The summed E-state index contributed by atoms with van der Waals surface area (Å²) in [6.07, 6.45) is 3.55. The molecule has 3 aromatic rings. The van der Waals surface area contributed by atoms with Crippen LogP contribution < -0.4 is 11.1 Å². The third-order valence-electron chi connectivity index (χ3n) is 5.87. The van der Waals surface area contributed by atoms with E-state index in [0.29, 0.717) is 6.61 Å². The number of anilines is 1. The summed E-state index contributed by atoms with van der Waals surface area (Å²) < 4.78 is 6.32. The quantitative estimate of drug-likeness (QED) is 0.475. The van der Waals surface area contributed by atoms with Gasteiger partial charge in [-0.1, -0.05) is 26.8 Å². The van der Waals surface area contributed by atoms with Gasteiger partial charge in [-0.25, -0.2) is 0 Å². The molecule has 1 amide bonds. The highest BCUT2D eigenvalue weighted by Crippen LogP contribution is 2.37. The van der Waals surface area contributed by atoms with Crippen LogP contribution in [-0.4, -0.2) is 25.8 Å². The Kier molecular flexibility index (Phi) is 6.77. The molecule has 5 nitrogen and oxygen atoms in total. The van der Waals surface area contributed by atoms with E-state index in [1.165, 1.54) is 0 Å². The van der Waals surface area contributed by atoms with Gasteiger partial charge in [0.25, 0.3) is 0 Å². The summed E-state index contributed by atoms with van der Waals surface area (Å²) >= 11 is 1.61. The summed E-state index contributed by atoms with van der Waals surface area (Å²) in [6, 6.07) is 11.8. The highest BCUT2D eigenvalue weighted by molar-refractivity contribution is 7.12. The zero-order chi connectivity index (χ0) is 21.9. The smallest absolute Gasteiger partial charge is 0.234 e. The maximum Gasteiger partial charge on any atom is 0.234 e. The Hall–Kier alpha value is -2.06. The predicted octanol–water partition coefficient (Wildman–Crippen LogP) is 5.50. The molecule has 1 atom stereocenters. The van der Waals surface area contributed by atoms with Crippen molar-refractivity contribution in [3.05, 3.63) is 58.5 Å². The first-order valence-electron chi connectivity index (χ1n) is 10.2. The van der Waals surface area contributed by atoms with Gasteiger partial charge in [-0.15, -0.1) is 11.3 Å². The van der Waals surface area contributed by atoms with Gasteiger partial charge in [0, 0.05) is 39.8 Å². The minimum absolute atomic E-state index is 0.0929. The van der Waals surface area contributed by atoms with E-state index >= 15 is 0 Å². The average molecular weight is 442 g/mol. The summed E-state index contributed by atoms with van der Waals surface area (Å²) in [6.45, 7) is 12.0. The van der Waals surface area contributed by atoms with Crippen LogP contribution in [0.2, 0.25) is 18.1 Å². The van der Waals surface area contributed by atoms with Gasteiger partial charge in [0.2, 0.25) is 5.91 Å². The molecule has 0 aliphatic heterocycles. The maximum atomic E-state index is 12.9. The second-order valence-electron chi connectivity index (χ2n) is 9.07. The van der Waals surface area contributed by atoms with Crippen LogP contribution in [0, 0.1) is 0 Å². The molecule has 2 aromatic heterocycles. The van der Waals surface area contributed by atoms with Gasteiger partial charge in [-0.05, 0) is 53.9 Å². The summed E-state index contributed by atoms with van der Waals surface area (Å²) in [7, 11) is -1.81. The number of nitrogens with one attached hydrogen (secondary N) is 1. The minimum atomic E-state index is -1.81. The van der Waals surface area contributed by atoms with Gasteiger partial charge < -0.3 is 15.5 Å². The molecule has 0 saturated carbocycles. The third-order valence-corrected chi connectivity index (χ3v) is 11.5. The van der Waals surface area contributed by atoms with Crippen LogP contribution in [0.15, 0.2) is 48.8 Å². The van der Waals surface area contributed by atoms with Crippen molar-refractivity contribution >= 4 is 42.0 Å². The largest absolute Gasteiger partial charge is 0.412 e. The van der Waals surface area contributed by atoms with E-state index in [9.17, 15) is 4.79 Å². The van der Waals surface area contributed by atoms with Crippen LogP contribution in [0.3, 0.4) is 0 Å². The third kappa shape index (κ3) is 5.15. The van der Waals surface area contributed by atoms with Crippen molar-refractivity contribution in [1.82, 2.24) is 4.98 Å². The number of hydrogen-bond donors (Lipinski definition) is 2. The molecule has 160 valence electrons. The van der Waals surface area contributed by atoms with Crippen molar-refractivity contribution in [2.75, 3.05) is 11.9 Å². The van der Waals surface area contributed by atoms with Crippen molar-refractivity contribution in [2.45, 2.75) is 51.4 Å². The lowest BCUT2D eigenvalue weighted by molar-refractivity contribution is -0.117. The van der Waals surface area contributed by atoms with Crippen molar-refractivity contribution in [3.63, 3.8) is 0 Å². The molecule has 0 bridgehead atoms. The molecule has 7 heteroatoms. The number of hydrogen-bond acceptors (Lipinski definition) is 5. The SMILES string of the molecule is CC(C)(C)[Si](C)(C)OCc1ccc(C(CN)C(=O)Nc2ccc3cnccc3c2)s1. The molecule has 0 saturated heterocycles. The number of pyridine rings is 1. The van der Waals surface area contributed by atoms with Crippen molar-refractivity contribution in [1.29, 1.82) is 0 Å². The van der Waals surface area contributed by atoms with Crippen LogP contribution in [-0.2, 0) is 15.8 Å². The van der Waals surface area contributed by atoms with Gasteiger partial charge in [-0.2, -0.15) is 0 Å². The summed E-state index contributed by atoms with van der Waals surface area (Å²) in [5, 5.41) is 5.25. The summed E-state index contributed by atoms with van der Waals surface area (Å²) in [4.78, 5) is 19.1. The van der Waals surface area contributed by atoms with Crippen molar-refractivity contribution in [3.8, 4) is 0 Å². The van der Waals surface area contributed by atoms with Gasteiger partial charge in [0.05, 0.1) is 12.5 Å². The number of benzene rings is 1.